The average molecular weight is 561 g/mol. The van der Waals surface area contributed by atoms with Crippen molar-refractivity contribution in [1.29, 1.82) is 0 Å². The number of likely N-dealkylation sites (N-methyl/N-ethyl adjacent to an activating group) is 1. The number of ether oxygens (including phenoxy) is 1. The molecular formula is C31H44N8O2. The van der Waals surface area contributed by atoms with Crippen molar-refractivity contribution >= 4 is 28.6 Å². The fourth-order valence-corrected chi connectivity index (χ4v) is 5.22. The first-order valence-electron chi connectivity index (χ1n) is 14.4. The number of nitrogens with zero attached hydrogens (tertiary/aromatic N) is 5. The zero-order valence-corrected chi connectivity index (χ0v) is 24.4. The molecule has 3 aliphatic rings. The Labute approximate surface area is 243 Å². The van der Waals surface area contributed by atoms with Crippen molar-refractivity contribution < 1.29 is 9.53 Å². The summed E-state index contributed by atoms with van der Waals surface area (Å²) in [6, 6.07) is 10.4. The van der Waals surface area contributed by atoms with Crippen molar-refractivity contribution in [3.63, 3.8) is 0 Å². The molecule has 0 bridgehead atoms. The molecule has 41 heavy (non-hydrogen) atoms. The van der Waals surface area contributed by atoms with Crippen molar-refractivity contribution in [3.8, 4) is 11.3 Å². The molecule has 2 amide bonds. The van der Waals surface area contributed by atoms with Gasteiger partial charge in [0, 0.05) is 50.6 Å². The lowest BCUT2D eigenvalue weighted by Crippen LogP contribution is -2.58. The Morgan fingerprint density at radius 1 is 1.02 bits per heavy atom. The number of hydrogen-bond acceptors (Lipinski definition) is 7. The third kappa shape index (κ3) is 8.39. The number of likely N-dealkylation sites (tertiary alicyclic amines) is 2. The van der Waals surface area contributed by atoms with E-state index in [0.29, 0.717) is 13.2 Å². The van der Waals surface area contributed by atoms with E-state index in [-0.39, 0.29) is 6.03 Å². The fourth-order valence-electron chi connectivity index (χ4n) is 5.22. The van der Waals surface area contributed by atoms with Gasteiger partial charge in [0.05, 0.1) is 18.6 Å². The van der Waals surface area contributed by atoms with Gasteiger partial charge in [-0.25, -0.2) is 14.8 Å². The van der Waals surface area contributed by atoms with Crippen LogP contribution in [-0.4, -0.2) is 103 Å². The Bertz CT molecular complexity index is 1250. The van der Waals surface area contributed by atoms with Crippen LogP contribution in [0.1, 0.15) is 19.3 Å². The summed E-state index contributed by atoms with van der Waals surface area (Å²) >= 11 is 0. The Balaban J connectivity index is 0.000000212. The second-order valence-electron chi connectivity index (χ2n) is 10.5. The molecule has 0 atom stereocenters. The van der Waals surface area contributed by atoms with E-state index in [4.69, 9.17) is 4.74 Å². The molecule has 6 rings (SSSR count). The van der Waals surface area contributed by atoms with Crippen LogP contribution in [0.4, 0.5) is 16.3 Å². The molecule has 3 saturated heterocycles. The van der Waals surface area contributed by atoms with Crippen molar-refractivity contribution in [1.82, 2.24) is 30.1 Å². The number of fused-ring (bicyclic) bond motifs is 1. The lowest BCUT2D eigenvalue weighted by Gasteiger charge is -2.45. The first-order valence-corrected chi connectivity index (χ1v) is 14.4. The van der Waals surface area contributed by atoms with Gasteiger partial charge in [-0.2, -0.15) is 0 Å². The summed E-state index contributed by atoms with van der Waals surface area (Å²) in [5.74, 6) is 0.929. The van der Waals surface area contributed by atoms with E-state index in [1.54, 1.807) is 25.5 Å². The number of morpholine rings is 1. The van der Waals surface area contributed by atoms with Crippen LogP contribution in [0.5, 0.6) is 0 Å². The topological polar surface area (TPSA) is 102 Å². The highest BCUT2D eigenvalue weighted by Gasteiger charge is 2.29. The number of H-pyrrole nitrogens is 1. The van der Waals surface area contributed by atoms with E-state index >= 15 is 0 Å². The molecule has 0 saturated carbocycles. The number of amides is 2. The van der Waals surface area contributed by atoms with Crippen LogP contribution in [0.2, 0.25) is 0 Å². The fraction of sp³-hybridized carbons (Fsp3) is 0.452. The van der Waals surface area contributed by atoms with Crippen LogP contribution in [0, 0.1) is 0 Å². The van der Waals surface area contributed by atoms with Crippen molar-refractivity contribution in [2.45, 2.75) is 25.3 Å². The average Bonchev–Trinajstić information content (AvgIpc) is 3.46. The number of hydrogen-bond donors (Lipinski definition) is 3. The summed E-state index contributed by atoms with van der Waals surface area (Å²) in [5.41, 5.74) is 3.52. The maximum atomic E-state index is 11.4. The number of nitrogens with one attached hydrogen (secondary N) is 3. The van der Waals surface area contributed by atoms with Crippen molar-refractivity contribution in [2.24, 2.45) is 0 Å². The summed E-state index contributed by atoms with van der Waals surface area (Å²) in [7, 11) is 3.79. The van der Waals surface area contributed by atoms with E-state index in [2.05, 4.69) is 66.6 Å². The van der Waals surface area contributed by atoms with Crippen molar-refractivity contribution in [2.75, 3.05) is 76.8 Å². The monoisotopic (exact) mass is 560 g/mol. The molecule has 0 unspecified atom stereocenters. The van der Waals surface area contributed by atoms with E-state index in [1.165, 1.54) is 45.4 Å². The lowest BCUT2D eigenvalue weighted by molar-refractivity contribution is 0.0401. The third-order valence-corrected chi connectivity index (χ3v) is 7.51. The molecule has 0 aliphatic carbocycles. The molecule has 0 radical (unpaired) electrons. The first-order chi connectivity index (χ1) is 20.0. The molecule has 5 heterocycles. The summed E-state index contributed by atoms with van der Waals surface area (Å²) in [6.45, 7) is 15.1. The highest BCUT2D eigenvalue weighted by molar-refractivity contribution is 5.92. The smallest absolute Gasteiger partial charge is 0.318 e. The number of urea groups is 1. The number of aromatic nitrogens is 3. The minimum absolute atomic E-state index is 0.242. The summed E-state index contributed by atoms with van der Waals surface area (Å²) < 4.78 is 5.43. The summed E-state index contributed by atoms with van der Waals surface area (Å²) in [6.07, 6.45) is 9.18. The van der Waals surface area contributed by atoms with Crippen molar-refractivity contribution in [3.05, 3.63) is 62.0 Å². The van der Waals surface area contributed by atoms with Gasteiger partial charge in [0.25, 0.3) is 0 Å². The summed E-state index contributed by atoms with van der Waals surface area (Å²) in [4.78, 5) is 30.9. The Hall–Kier alpha value is -3.73. The maximum absolute atomic E-state index is 11.4. The predicted octanol–water partition coefficient (Wildman–Crippen LogP) is 4.36. The van der Waals surface area contributed by atoms with E-state index in [9.17, 15) is 4.79 Å². The number of benzene rings is 1. The van der Waals surface area contributed by atoms with Gasteiger partial charge in [-0.3, -0.25) is 4.90 Å². The van der Waals surface area contributed by atoms with Gasteiger partial charge in [-0.1, -0.05) is 43.9 Å². The van der Waals surface area contributed by atoms with Gasteiger partial charge in [0.2, 0.25) is 0 Å². The Morgan fingerprint density at radius 3 is 2.32 bits per heavy atom. The highest BCUT2D eigenvalue weighted by atomic mass is 16.5. The zero-order valence-electron chi connectivity index (χ0n) is 24.4. The zero-order chi connectivity index (χ0) is 29.0. The SMILES string of the molecule is C=CC=C.CN1CC(N2CCCCC2)C1.CNC(=O)Nc1ccc(-c2cc3c(N4CCOCC4)ncnc3[nH]2)cc1. The number of allylic oxidation sites excluding steroid dienone is 2. The molecule has 3 N–H and O–H groups in total. The molecule has 2 aromatic heterocycles. The van der Waals surface area contributed by atoms with E-state index in [0.717, 1.165) is 52.9 Å². The Morgan fingerprint density at radius 2 is 1.71 bits per heavy atom. The number of piperidine rings is 1. The largest absolute Gasteiger partial charge is 0.378 e. The Kier molecular flexibility index (Phi) is 11.3. The molecular weight excluding hydrogens is 516 g/mol. The van der Waals surface area contributed by atoms with Gasteiger partial charge in [0.15, 0.2) is 0 Å². The molecule has 10 nitrogen and oxygen atoms in total. The highest BCUT2D eigenvalue weighted by Crippen LogP contribution is 2.29. The predicted molar refractivity (Wildman–Crippen MR) is 168 cm³/mol. The molecule has 1 aromatic carbocycles. The number of aromatic amines is 1. The van der Waals surface area contributed by atoms with Gasteiger partial charge < -0.3 is 30.2 Å². The van der Waals surface area contributed by atoms with Gasteiger partial charge in [0.1, 0.15) is 17.8 Å². The second kappa shape index (κ2) is 15.3. The van der Waals surface area contributed by atoms with Crippen LogP contribution < -0.4 is 15.5 Å². The van der Waals surface area contributed by atoms with Gasteiger partial charge in [-0.05, 0) is 56.7 Å². The number of anilines is 2. The quantitative estimate of drug-likeness (QED) is 0.399. The molecule has 10 heteroatoms. The lowest BCUT2D eigenvalue weighted by atomic mass is 10.0. The first kappa shape index (κ1) is 30.2. The minimum Gasteiger partial charge on any atom is -0.378 e. The molecule has 3 fully saturated rings. The molecule has 0 spiro atoms. The maximum Gasteiger partial charge on any atom is 0.318 e. The van der Waals surface area contributed by atoms with Crippen LogP contribution in [0.25, 0.3) is 22.3 Å². The van der Waals surface area contributed by atoms with Gasteiger partial charge in [-0.15, -0.1) is 0 Å². The summed E-state index contributed by atoms with van der Waals surface area (Å²) in [5, 5.41) is 6.27. The number of rotatable bonds is 5. The second-order valence-corrected chi connectivity index (χ2v) is 10.5. The van der Waals surface area contributed by atoms with Crippen LogP contribution in [-0.2, 0) is 4.74 Å². The molecule has 3 aromatic rings. The van der Waals surface area contributed by atoms with Crippen LogP contribution in [0.15, 0.2) is 62.0 Å². The normalized spacial score (nSPS) is 17.8. The standard InChI is InChI=1S/C18H20N6O2.C9H18N2.C4H6/c1-19-18(25)22-13-4-2-12(3-5-13)15-10-14-16(23-15)20-11-21-17(14)24-6-8-26-9-7-24;1-10-7-9(8-10)11-5-3-2-4-6-11;1-3-4-2/h2-5,10-11H,6-9H2,1H3,(H2,19,22,25)(H,20,21,23);9H,2-8H2,1H3;3-4H,1-2H2. The number of carbonyl (C=O) groups is 1. The van der Waals surface area contributed by atoms with Crippen LogP contribution in [0.3, 0.4) is 0 Å². The van der Waals surface area contributed by atoms with Gasteiger partial charge >= 0.3 is 6.03 Å². The number of carbonyl (C=O) groups excluding carboxylic acids is 1. The van der Waals surface area contributed by atoms with E-state index < -0.39 is 0 Å². The van der Waals surface area contributed by atoms with Crippen LogP contribution >= 0.6 is 0 Å². The third-order valence-electron chi connectivity index (χ3n) is 7.51. The molecule has 220 valence electrons. The minimum atomic E-state index is -0.242. The molecule has 3 aliphatic heterocycles. The van der Waals surface area contributed by atoms with E-state index in [1.807, 2.05) is 24.3 Å².